The fraction of sp³-hybridized carbons (Fsp3) is 0.933. The first-order chi connectivity index (χ1) is 8.16. The second-order valence-corrected chi connectivity index (χ2v) is 6.44. The van der Waals surface area contributed by atoms with Gasteiger partial charge in [-0.3, -0.25) is 4.79 Å². The van der Waals surface area contributed by atoms with Crippen LogP contribution in [-0.4, -0.2) is 12.3 Å². The number of ketones is 1. The Labute approximate surface area is 105 Å². The highest BCUT2D eigenvalue weighted by Crippen LogP contribution is 2.41. The van der Waals surface area contributed by atoms with Crippen molar-refractivity contribution in [1.82, 2.24) is 0 Å². The molecule has 0 radical (unpaired) electrons. The lowest BCUT2D eigenvalue weighted by molar-refractivity contribution is -0.131. The fourth-order valence-corrected chi connectivity index (χ4v) is 3.60. The molecule has 2 fully saturated rings. The van der Waals surface area contributed by atoms with Crippen molar-refractivity contribution >= 4 is 5.78 Å². The number of carbonyl (C=O) groups excluding carboxylic acids is 1. The number of hydrogen-bond acceptors (Lipinski definition) is 2. The van der Waals surface area contributed by atoms with Gasteiger partial charge in [-0.1, -0.05) is 32.6 Å². The monoisotopic (exact) mass is 237 g/mol. The van der Waals surface area contributed by atoms with Crippen LogP contribution in [0.4, 0.5) is 0 Å². The van der Waals surface area contributed by atoms with E-state index in [9.17, 15) is 4.79 Å². The van der Waals surface area contributed by atoms with Crippen molar-refractivity contribution in [2.75, 3.05) is 6.54 Å². The summed E-state index contributed by atoms with van der Waals surface area (Å²) < 4.78 is 0. The van der Waals surface area contributed by atoms with Gasteiger partial charge in [-0.15, -0.1) is 0 Å². The molecular weight excluding hydrogens is 210 g/mol. The lowest BCUT2D eigenvalue weighted by Crippen LogP contribution is -2.42. The van der Waals surface area contributed by atoms with Gasteiger partial charge in [0.2, 0.25) is 0 Å². The van der Waals surface area contributed by atoms with Gasteiger partial charge in [0, 0.05) is 18.4 Å². The Bertz CT molecular complexity index is 260. The van der Waals surface area contributed by atoms with Crippen LogP contribution >= 0.6 is 0 Å². The minimum Gasteiger partial charge on any atom is -0.329 e. The number of carbonyl (C=O) groups is 1. The summed E-state index contributed by atoms with van der Waals surface area (Å²) in [6, 6.07) is 0. The highest BCUT2D eigenvalue weighted by Gasteiger charge is 2.40. The molecule has 0 aromatic rings. The van der Waals surface area contributed by atoms with E-state index in [1.165, 1.54) is 38.5 Å². The van der Waals surface area contributed by atoms with E-state index in [0.717, 1.165) is 25.2 Å². The van der Waals surface area contributed by atoms with E-state index in [-0.39, 0.29) is 5.41 Å². The molecule has 2 N–H and O–H groups in total. The topological polar surface area (TPSA) is 43.1 Å². The third kappa shape index (κ3) is 2.90. The zero-order chi connectivity index (χ0) is 12.3. The number of rotatable bonds is 4. The minimum absolute atomic E-state index is 0.144. The normalized spacial score (nSPS) is 35.1. The summed E-state index contributed by atoms with van der Waals surface area (Å²) in [5, 5.41) is 0. The van der Waals surface area contributed by atoms with Crippen molar-refractivity contribution in [2.24, 2.45) is 23.0 Å². The summed E-state index contributed by atoms with van der Waals surface area (Å²) in [5.74, 6) is 1.94. The Morgan fingerprint density at radius 3 is 2.29 bits per heavy atom. The molecule has 0 heterocycles. The molecule has 0 spiro atoms. The van der Waals surface area contributed by atoms with Gasteiger partial charge in [0.25, 0.3) is 0 Å². The van der Waals surface area contributed by atoms with Crippen LogP contribution in [0.15, 0.2) is 0 Å². The molecule has 0 aromatic carbocycles. The van der Waals surface area contributed by atoms with Crippen LogP contribution in [0.25, 0.3) is 0 Å². The van der Waals surface area contributed by atoms with Crippen molar-refractivity contribution in [2.45, 2.75) is 64.7 Å². The van der Waals surface area contributed by atoms with Gasteiger partial charge in [-0.25, -0.2) is 0 Å². The van der Waals surface area contributed by atoms with Crippen LogP contribution in [-0.2, 0) is 4.79 Å². The van der Waals surface area contributed by atoms with E-state index in [4.69, 9.17) is 5.73 Å². The largest absolute Gasteiger partial charge is 0.329 e. The smallest absolute Gasteiger partial charge is 0.140 e. The Balaban J connectivity index is 1.94. The predicted octanol–water partition coefficient (Wildman–Crippen LogP) is 3.29. The van der Waals surface area contributed by atoms with Gasteiger partial charge in [0.05, 0.1) is 0 Å². The summed E-state index contributed by atoms with van der Waals surface area (Å²) in [5.41, 5.74) is 5.79. The fourth-order valence-electron chi connectivity index (χ4n) is 3.60. The van der Waals surface area contributed by atoms with E-state index in [0.29, 0.717) is 18.2 Å². The molecule has 0 aromatic heterocycles. The molecular formula is C15H27NO. The highest BCUT2D eigenvalue weighted by molar-refractivity contribution is 5.85. The van der Waals surface area contributed by atoms with E-state index >= 15 is 0 Å². The van der Waals surface area contributed by atoms with Crippen molar-refractivity contribution in [1.29, 1.82) is 0 Å². The first-order valence-corrected chi connectivity index (χ1v) is 7.40. The molecule has 2 aliphatic carbocycles. The van der Waals surface area contributed by atoms with E-state index in [2.05, 4.69) is 6.92 Å². The average Bonchev–Trinajstić information content (AvgIpc) is 2.83. The number of Topliss-reactive ketones (excluding diaryl/α,β-unsaturated/α-hetero) is 1. The predicted molar refractivity (Wildman–Crippen MR) is 70.7 cm³/mol. The first-order valence-electron chi connectivity index (χ1n) is 7.40. The lowest BCUT2D eigenvalue weighted by atomic mass is 9.67. The Hall–Kier alpha value is -0.370. The van der Waals surface area contributed by atoms with Crippen LogP contribution in [0.5, 0.6) is 0 Å². The molecule has 2 saturated carbocycles. The van der Waals surface area contributed by atoms with Crippen LogP contribution in [0, 0.1) is 17.3 Å². The van der Waals surface area contributed by atoms with Crippen LogP contribution in [0.3, 0.4) is 0 Å². The van der Waals surface area contributed by atoms with Crippen LogP contribution < -0.4 is 5.73 Å². The lowest BCUT2D eigenvalue weighted by Gasteiger charge is -2.37. The standard InChI is InChI=1S/C15H27NO/c1-12-6-8-15(11-16,9-7-12)14(17)10-13-4-2-3-5-13/h12-13H,2-11,16H2,1H3. The Morgan fingerprint density at radius 1 is 1.18 bits per heavy atom. The van der Waals surface area contributed by atoms with E-state index in [1.54, 1.807) is 0 Å². The molecule has 2 rings (SSSR count). The summed E-state index contributed by atoms with van der Waals surface area (Å²) in [7, 11) is 0. The quantitative estimate of drug-likeness (QED) is 0.815. The molecule has 17 heavy (non-hydrogen) atoms. The molecule has 0 aliphatic heterocycles. The van der Waals surface area contributed by atoms with Crippen molar-refractivity contribution in [3.63, 3.8) is 0 Å². The SMILES string of the molecule is CC1CCC(CN)(C(=O)CC2CCCC2)CC1. The molecule has 0 bridgehead atoms. The molecule has 0 unspecified atom stereocenters. The number of hydrogen-bond donors (Lipinski definition) is 1. The summed E-state index contributed by atoms with van der Waals surface area (Å²) in [4.78, 5) is 12.5. The molecule has 0 amide bonds. The Kier molecular flexibility index (Phi) is 4.24. The molecule has 2 nitrogen and oxygen atoms in total. The van der Waals surface area contributed by atoms with Crippen molar-refractivity contribution in [3.8, 4) is 0 Å². The van der Waals surface area contributed by atoms with E-state index in [1.807, 2.05) is 0 Å². The van der Waals surface area contributed by atoms with Gasteiger partial charge in [-0.05, 0) is 37.5 Å². The van der Waals surface area contributed by atoms with Crippen LogP contribution in [0.2, 0.25) is 0 Å². The maximum absolute atomic E-state index is 12.5. The maximum atomic E-state index is 12.5. The zero-order valence-corrected chi connectivity index (χ0v) is 11.2. The molecule has 98 valence electrons. The average molecular weight is 237 g/mol. The Morgan fingerprint density at radius 2 is 1.76 bits per heavy atom. The first kappa shape index (κ1) is 13.1. The zero-order valence-electron chi connectivity index (χ0n) is 11.2. The van der Waals surface area contributed by atoms with Crippen molar-refractivity contribution < 1.29 is 4.79 Å². The second kappa shape index (κ2) is 5.51. The third-order valence-electron chi connectivity index (χ3n) is 5.16. The molecule has 2 heteroatoms. The summed E-state index contributed by atoms with van der Waals surface area (Å²) in [6.07, 6.45) is 10.4. The second-order valence-electron chi connectivity index (χ2n) is 6.44. The summed E-state index contributed by atoms with van der Waals surface area (Å²) >= 11 is 0. The third-order valence-corrected chi connectivity index (χ3v) is 5.16. The molecule has 2 aliphatic rings. The van der Waals surface area contributed by atoms with Crippen LogP contribution in [0.1, 0.15) is 64.7 Å². The highest BCUT2D eigenvalue weighted by atomic mass is 16.1. The molecule has 0 saturated heterocycles. The van der Waals surface area contributed by atoms with Gasteiger partial charge in [0.1, 0.15) is 5.78 Å². The van der Waals surface area contributed by atoms with Gasteiger partial charge in [0.15, 0.2) is 0 Å². The maximum Gasteiger partial charge on any atom is 0.140 e. The van der Waals surface area contributed by atoms with Crippen molar-refractivity contribution in [3.05, 3.63) is 0 Å². The van der Waals surface area contributed by atoms with Gasteiger partial charge >= 0.3 is 0 Å². The number of nitrogens with two attached hydrogens (primary N) is 1. The molecule has 0 atom stereocenters. The van der Waals surface area contributed by atoms with Gasteiger partial charge in [-0.2, -0.15) is 0 Å². The summed E-state index contributed by atoms with van der Waals surface area (Å²) in [6.45, 7) is 2.87. The van der Waals surface area contributed by atoms with Gasteiger partial charge < -0.3 is 5.73 Å². The minimum atomic E-state index is -0.144. The van der Waals surface area contributed by atoms with E-state index < -0.39 is 0 Å².